The Hall–Kier alpha value is -3.62. The van der Waals surface area contributed by atoms with Gasteiger partial charge in [0, 0.05) is 33.8 Å². The Morgan fingerprint density at radius 1 is 1.06 bits per heavy atom. The summed E-state index contributed by atoms with van der Waals surface area (Å²) in [5, 5.41) is 12.8. The first kappa shape index (κ1) is 20.3. The molecule has 5 rings (SSSR count). The summed E-state index contributed by atoms with van der Waals surface area (Å²) in [5.41, 5.74) is 3.17. The van der Waals surface area contributed by atoms with Crippen molar-refractivity contribution in [2.45, 2.75) is 10.9 Å². The quantitative estimate of drug-likeness (QED) is 0.156. The van der Waals surface area contributed by atoms with E-state index in [2.05, 4.69) is 4.98 Å². The van der Waals surface area contributed by atoms with Crippen molar-refractivity contribution in [3.8, 4) is 5.69 Å². The molecule has 0 fully saturated rings. The zero-order valence-corrected chi connectivity index (χ0v) is 18.1. The molecule has 1 N–H and O–H groups in total. The number of fused-ring (bicyclic) bond motifs is 3. The molecule has 0 spiro atoms. The summed E-state index contributed by atoms with van der Waals surface area (Å²) in [6, 6.07) is 21.0. The maximum Gasteiger partial charge on any atom is 0.283 e. The molecule has 7 nitrogen and oxygen atoms in total. The number of halogens is 1. The average molecular weight is 463 g/mol. The van der Waals surface area contributed by atoms with E-state index < -0.39 is 4.92 Å². The fraction of sp³-hybridized carbons (Fsp3) is 0.0435. The van der Waals surface area contributed by atoms with Gasteiger partial charge in [-0.25, -0.2) is 4.98 Å². The van der Waals surface area contributed by atoms with Gasteiger partial charge in [0.15, 0.2) is 5.16 Å². The summed E-state index contributed by atoms with van der Waals surface area (Å²) < 4.78 is 1.54. The minimum absolute atomic E-state index is 0.0351. The number of benzene rings is 3. The number of nitrogens with one attached hydrogen (secondary N) is 1. The van der Waals surface area contributed by atoms with Gasteiger partial charge in [0.1, 0.15) is 11.0 Å². The highest BCUT2D eigenvalue weighted by Crippen LogP contribution is 2.29. The van der Waals surface area contributed by atoms with E-state index in [1.54, 1.807) is 41.0 Å². The van der Waals surface area contributed by atoms with Crippen molar-refractivity contribution in [1.82, 2.24) is 14.5 Å². The fourth-order valence-electron chi connectivity index (χ4n) is 3.54. The van der Waals surface area contributed by atoms with E-state index in [1.807, 2.05) is 24.3 Å². The van der Waals surface area contributed by atoms with Gasteiger partial charge in [-0.05, 0) is 29.8 Å². The second-order valence-corrected chi connectivity index (χ2v) is 8.50. The van der Waals surface area contributed by atoms with Gasteiger partial charge >= 0.3 is 0 Å². The van der Waals surface area contributed by atoms with Gasteiger partial charge in [-0.2, -0.15) is 0 Å². The summed E-state index contributed by atoms with van der Waals surface area (Å²) in [6.07, 6.45) is 0. The highest BCUT2D eigenvalue weighted by atomic mass is 35.5. The lowest BCUT2D eigenvalue weighted by Crippen LogP contribution is -2.21. The van der Waals surface area contributed by atoms with E-state index in [1.165, 1.54) is 23.9 Å². The number of thioether (sulfide) groups is 1. The molecule has 32 heavy (non-hydrogen) atoms. The molecule has 0 saturated carbocycles. The molecular weight excluding hydrogens is 448 g/mol. The third kappa shape index (κ3) is 3.63. The predicted molar refractivity (Wildman–Crippen MR) is 127 cm³/mol. The number of hydrogen-bond donors (Lipinski definition) is 1. The van der Waals surface area contributed by atoms with Crippen LogP contribution in [-0.4, -0.2) is 19.5 Å². The molecule has 9 heteroatoms. The fourth-order valence-corrected chi connectivity index (χ4v) is 4.69. The molecule has 0 aliphatic rings. The summed E-state index contributed by atoms with van der Waals surface area (Å²) in [5.74, 6) is 0.485. The van der Waals surface area contributed by atoms with Crippen molar-refractivity contribution in [1.29, 1.82) is 0 Å². The molecule has 158 valence electrons. The molecule has 0 aliphatic carbocycles. The second kappa shape index (κ2) is 8.14. The van der Waals surface area contributed by atoms with Gasteiger partial charge in [-0.1, -0.05) is 59.8 Å². The molecule has 5 aromatic rings. The predicted octanol–water partition coefficient (Wildman–Crippen LogP) is 5.72. The van der Waals surface area contributed by atoms with Gasteiger partial charge in [0.25, 0.3) is 11.2 Å². The summed E-state index contributed by atoms with van der Waals surface area (Å²) in [7, 11) is 0. The molecule has 2 heterocycles. The van der Waals surface area contributed by atoms with Crippen LogP contribution in [0.4, 0.5) is 5.69 Å². The molecule has 0 atom stereocenters. The minimum atomic E-state index is -0.430. The van der Waals surface area contributed by atoms with E-state index in [4.69, 9.17) is 16.6 Å². The van der Waals surface area contributed by atoms with Crippen LogP contribution >= 0.6 is 23.4 Å². The Kier molecular flexibility index (Phi) is 5.16. The Morgan fingerprint density at radius 3 is 2.59 bits per heavy atom. The Bertz CT molecular complexity index is 1540. The van der Waals surface area contributed by atoms with E-state index in [0.717, 1.165) is 16.5 Å². The van der Waals surface area contributed by atoms with Crippen LogP contribution in [0.1, 0.15) is 5.56 Å². The molecule has 0 saturated heterocycles. The number of H-pyrrole nitrogens is 1. The molecule has 0 amide bonds. The van der Waals surface area contributed by atoms with E-state index in [9.17, 15) is 14.9 Å². The van der Waals surface area contributed by atoms with E-state index in [-0.39, 0.29) is 11.2 Å². The zero-order chi connectivity index (χ0) is 22.2. The average Bonchev–Trinajstić information content (AvgIpc) is 3.17. The number of nitro benzene ring substituents is 1. The molecule has 0 bridgehead atoms. The molecular formula is C23H15ClN4O3S. The first-order valence-corrected chi connectivity index (χ1v) is 11.0. The lowest BCUT2D eigenvalue weighted by molar-refractivity contribution is -0.384. The smallest absolute Gasteiger partial charge is 0.283 e. The Morgan fingerprint density at radius 2 is 1.84 bits per heavy atom. The topological polar surface area (TPSA) is 93.8 Å². The summed E-state index contributed by atoms with van der Waals surface area (Å²) in [6.45, 7) is 0. The van der Waals surface area contributed by atoms with Crippen molar-refractivity contribution in [2.75, 3.05) is 0 Å². The van der Waals surface area contributed by atoms with Gasteiger partial charge in [-0.15, -0.1) is 0 Å². The van der Waals surface area contributed by atoms with E-state index in [0.29, 0.717) is 32.7 Å². The van der Waals surface area contributed by atoms with Crippen LogP contribution < -0.4 is 5.56 Å². The standard InChI is InChI=1S/C23H15ClN4O3S/c24-15-4-3-5-17(12-15)27-22(29)21-20(18-6-1-2-7-19(18)25-21)26-23(27)32-13-14-8-10-16(11-9-14)28(30)31/h1-12,25H,13H2. The monoisotopic (exact) mass is 462 g/mol. The maximum atomic E-state index is 13.5. The summed E-state index contributed by atoms with van der Waals surface area (Å²) in [4.78, 5) is 32.0. The number of rotatable bonds is 5. The summed E-state index contributed by atoms with van der Waals surface area (Å²) >= 11 is 7.57. The largest absolute Gasteiger partial charge is 0.349 e. The van der Waals surface area contributed by atoms with Crippen LogP contribution in [0.2, 0.25) is 5.02 Å². The van der Waals surface area contributed by atoms with Crippen molar-refractivity contribution < 1.29 is 4.92 Å². The molecule has 0 aliphatic heterocycles. The normalized spacial score (nSPS) is 11.3. The van der Waals surface area contributed by atoms with Crippen LogP contribution in [0.25, 0.3) is 27.6 Å². The van der Waals surface area contributed by atoms with Crippen LogP contribution in [-0.2, 0) is 5.75 Å². The van der Waals surface area contributed by atoms with Gasteiger partial charge in [-0.3, -0.25) is 19.5 Å². The van der Waals surface area contributed by atoms with Crippen LogP contribution in [0.15, 0.2) is 82.7 Å². The first-order valence-electron chi connectivity index (χ1n) is 9.67. The molecule has 0 unspecified atom stereocenters. The SMILES string of the molecule is O=c1c2[nH]c3ccccc3c2nc(SCc2ccc([N+](=O)[O-])cc2)n1-c1cccc(Cl)c1. The maximum absolute atomic E-state index is 13.5. The number of para-hydroxylation sites is 1. The lowest BCUT2D eigenvalue weighted by atomic mass is 10.2. The van der Waals surface area contributed by atoms with Gasteiger partial charge in [0.05, 0.1) is 10.6 Å². The second-order valence-electron chi connectivity index (χ2n) is 7.12. The molecule has 0 radical (unpaired) electrons. The molecule has 2 aromatic heterocycles. The van der Waals surface area contributed by atoms with Crippen LogP contribution in [0, 0.1) is 10.1 Å². The van der Waals surface area contributed by atoms with E-state index >= 15 is 0 Å². The van der Waals surface area contributed by atoms with Crippen molar-refractivity contribution >= 4 is 51.0 Å². The first-order chi connectivity index (χ1) is 15.5. The number of hydrogen-bond acceptors (Lipinski definition) is 5. The number of non-ortho nitro benzene ring substituents is 1. The van der Waals surface area contributed by atoms with Crippen molar-refractivity contribution in [2.24, 2.45) is 0 Å². The third-order valence-corrected chi connectivity index (χ3v) is 6.32. The minimum Gasteiger partial charge on any atom is -0.349 e. The number of nitro groups is 1. The Labute approximate surface area is 190 Å². The number of aromatic nitrogens is 3. The Balaban J connectivity index is 1.65. The number of nitrogens with zero attached hydrogens (tertiary/aromatic N) is 3. The third-order valence-electron chi connectivity index (χ3n) is 5.08. The highest BCUT2D eigenvalue weighted by Gasteiger charge is 2.17. The van der Waals surface area contributed by atoms with Crippen LogP contribution in [0.3, 0.4) is 0 Å². The van der Waals surface area contributed by atoms with Crippen molar-refractivity contribution in [3.05, 3.63) is 104 Å². The van der Waals surface area contributed by atoms with Gasteiger partial charge < -0.3 is 4.98 Å². The highest BCUT2D eigenvalue weighted by molar-refractivity contribution is 7.98. The lowest BCUT2D eigenvalue weighted by Gasteiger charge is -2.12. The zero-order valence-electron chi connectivity index (χ0n) is 16.5. The molecule has 3 aromatic carbocycles. The number of aromatic amines is 1. The van der Waals surface area contributed by atoms with Crippen molar-refractivity contribution in [3.63, 3.8) is 0 Å². The van der Waals surface area contributed by atoms with Gasteiger partial charge in [0.2, 0.25) is 0 Å². The van der Waals surface area contributed by atoms with Crippen LogP contribution in [0.5, 0.6) is 0 Å².